The molecule has 0 aromatic heterocycles. The molecule has 1 aromatic carbocycles. The van der Waals surface area contributed by atoms with E-state index in [1.54, 1.807) is 7.05 Å². The molecule has 0 saturated heterocycles. The summed E-state index contributed by atoms with van der Waals surface area (Å²) in [6, 6.07) is 7.85. The van der Waals surface area contributed by atoms with Gasteiger partial charge in [-0.2, -0.15) is 12.7 Å². The number of nitrogens with zero attached hydrogens (tertiary/aromatic N) is 1. The van der Waals surface area contributed by atoms with Crippen molar-refractivity contribution in [1.29, 1.82) is 0 Å². The molecule has 0 aliphatic heterocycles. The maximum atomic E-state index is 11.3. The molecule has 2 rings (SSSR count). The molecule has 16 heavy (non-hydrogen) atoms. The Hall–Kier alpha value is -0.910. The highest BCUT2D eigenvalue weighted by Gasteiger charge is 2.28. The fraction of sp³-hybridized carbons (Fsp3) is 0.455. The third-order valence-corrected chi connectivity index (χ3v) is 4.24. The van der Waals surface area contributed by atoms with E-state index in [0.717, 1.165) is 24.8 Å². The zero-order valence-electron chi connectivity index (χ0n) is 9.26. The van der Waals surface area contributed by atoms with Crippen LogP contribution in [0.25, 0.3) is 0 Å². The van der Waals surface area contributed by atoms with E-state index in [-0.39, 0.29) is 6.04 Å². The Balaban J connectivity index is 2.39. The molecule has 1 atom stereocenters. The first-order chi connectivity index (χ1) is 7.50. The molecule has 1 aliphatic carbocycles. The van der Waals surface area contributed by atoms with E-state index in [0.29, 0.717) is 0 Å². The van der Waals surface area contributed by atoms with Crippen molar-refractivity contribution in [3.05, 3.63) is 35.4 Å². The third-order valence-electron chi connectivity index (χ3n) is 3.18. The molecule has 1 aromatic rings. The Bertz CT molecular complexity index is 485. The van der Waals surface area contributed by atoms with Crippen LogP contribution in [0.3, 0.4) is 0 Å². The summed E-state index contributed by atoms with van der Waals surface area (Å²) in [7, 11) is -2.07. The van der Waals surface area contributed by atoms with E-state index < -0.39 is 10.2 Å². The molecular formula is C11H16N2O2S. The van der Waals surface area contributed by atoms with Gasteiger partial charge in [0, 0.05) is 7.05 Å². The molecule has 0 radical (unpaired) electrons. The molecule has 0 bridgehead atoms. The van der Waals surface area contributed by atoms with Crippen molar-refractivity contribution in [3.8, 4) is 0 Å². The summed E-state index contributed by atoms with van der Waals surface area (Å²) in [5.74, 6) is 0. The number of benzene rings is 1. The second-order valence-corrected chi connectivity index (χ2v) is 5.77. The Morgan fingerprint density at radius 2 is 2.06 bits per heavy atom. The van der Waals surface area contributed by atoms with Crippen LogP contribution in [0.5, 0.6) is 0 Å². The predicted molar refractivity (Wildman–Crippen MR) is 63.0 cm³/mol. The van der Waals surface area contributed by atoms with Gasteiger partial charge in [-0.05, 0) is 30.4 Å². The van der Waals surface area contributed by atoms with Crippen molar-refractivity contribution >= 4 is 10.2 Å². The highest BCUT2D eigenvalue weighted by atomic mass is 32.2. The zero-order valence-corrected chi connectivity index (χ0v) is 10.1. The Kier molecular flexibility index (Phi) is 3.01. The van der Waals surface area contributed by atoms with E-state index in [1.807, 2.05) is 18.2 Å². The summed E-state index contributed by atoms with van der Waals surface area (Å²) in [5, 5.41) is 5.17. The van der Waals surface area contributed by atoms with Crippen LogP contribution >= 0.6 is 0 Å². The molecule has 5 heteroatoms. The number of fused-ring (bicyclic) bond motifs is 1. The fourth-order valence-electron chi connectivity index (χ4n) is 2.28. The normalized spacial score (nSPS) is 20.8. The lowest BCUT2D eigenvalue weighted by molar-refractivity contribution is 0.338. The number of nitrogens with two attached hydrogens (primary N) is 1. The largest absolute Gasteiger partial charge is 0.277 e. The standard InChI is InChI=1S/C11H16N2O2S/c1-13(16(12,14)15)11-8-4-6-9-5-2-3-7-10(9)11/h2-3,5,7,11H,4,6,8H2,1H3,(H2,12,14,15)/t11-/m0/s1. The fourth-order valence-corrected chi connectivity index (χ4v) is 2.86. The SMILES string of the molecule is CN([C@H]1CCCc2ccccc21)S(N)(=O)=O. The molecule has 0 amide bonds. The van der Waals surface area contributed by atoms with E-state index in [1.165, 1.54) is 9.87 Å². The summed E-state index contributed by atoms with van der Waals surface area (Å²) in [4.78, 5) is 0. The van der Waals surface area contributed by atoms with Gasteiger partial charge in [-0.3, -0.25) is 0 Å². The molecule has 0 unspecified atom stereocenters. The lowest BCUT2D eigenvalue weighted by atomic mass is 9.88. The van der Waals surface area contributed by atoms with E-state index in [2.05, 4.69) is 6.07 Å². The van der Waals surface area contributed by atoms with E-state index >= 15 is 0 Å². The number of rotatable bonds is 2. The first-order valence-electron chi connectivity index (χ1n) is 5.33. The number of hydrogen-bond donors (Lipinski definition) is 1. The lowest BCUT2D eigenvalue weighted by Gasteiger charge is -2.31. The maximum absolute atomic E-state index is 11.3. The maximum Gasteiger partial charge on any atom is 0.277 e. The molecule has 2 N–H and O–H groups in total. The van der Waals surface area contributed by atoms with Gasteiger partial charge in [0.25, 0.3) is 10.2 Å². The van der Waals surface area contributed by atoms with Gasteiger partial charge in [-0.25, -0.2) is 5.14 Å². The van der Waals surface area contributed by atoms with Crippen LogP contribution < -0.4 is 5.14 Å². The van der Waals surface area contributed by atoms with Crippen molar-refractivity contribution in [2.45, 2.75) is 25.3 Å². The van der Waals surface area contributed by atoms with Crippen LogP contribution in [0.1, 0.15) is 30.0 Å². The Morgan fingerprint density at radius 1 is 1.38 bits per heavy atom. The molecule has 1 aliphatic rings. The van der Waals surface area contributed by atoms with Crippen molar-refractivity contribution in [2.75, 3.05) is 7.05 Å². The van der Waals surface area contributed by atoms with E-state index in [4.69, 9.17) is 5.14 Å². The monoisotopic (exact) mass is 240 g/mol. The van der Waals surface area contributed by atoms with Crippen molar-refractivity contribution < 1.29 is 8.42 Å². The van der Waals surface area contributed by atoms with Crippen molar-refractivity contribution in [2.24, 2.45) is 5.14 Å². The summed E-state index contributed by atoms with van der Waals surface area (Å²) < 4.78 is 24.0. The second-order valence-electron chi connectivity index (χ2n) is 4.17. The van der Waals surface area contributed by atoms with Gasteiger partial charge in [0.15, 0.2) is 0 Å². The molecule has 0 fully saturated rings. The van der Waals surface area contributed by atoms with Gasteiger partial charge >= 0.3 is 0 Å². The molecule has 0 heterocycles. The van der Waals surface area contributed by atoms with Crippen LogP contribution in [0.15, 0.2) is 24.3 Å². The van der Waals surface area contributed by atoms with Crippen LogP contribution in [-0.4, -0.2) is 19.8 Å². The quantitative estimate of drug-likeness (QED) is 0.844. The van der Waals surface area contributed by atoms with Crippen LogP contribution in [0.4, 0.5) is 0 Å². The van der Waals surface area contributed by atoms with Crippen molar-refractivity contribution in [3.63, 3.8) is 0 Å². The summed E-state index contributed by atoms with van der Waals surface area (Å²) >= 11 is 0. The van der Waals surface area contributed by atoms with Crippen LogP contribution in [-0.2, 0) is 16.6 Å². The highest BCUT2D eigenvalue weighted by Crippen LogP contribution is 2.33. The molecule has 0 spiro atoms. The lowest BCUT2D eigenvalue weighted by Crippen LogP contribution is -2.37. The average Bonchev–Trinajstić information content (AvgIpc) is 2.26. The first-order valence-corrected chi connectivity index (χ1v) is 6.84. The van der Waals surface area contributed by atoms with Gasteiger partial charge in [-0.1, -0.05) is 24.3 Å². The molecular weight excluding hydrogens is 224 g/mol. The summed E-state index contributed by atoms with van der Waals surface area (Å²) in [6.07, 6.45) is 2.86. The zero-order chi connectivity index (χ0) is 11.8. The van der Waals surface area contributed by atoms with E-state index in [9.17, 15) is 8.42 Å². The number of aryl methyl sites for hydroxylation is 1. The average molecular weight is 240 g/mol. The highest BCUT2D eigenvalue weighted by molar-refractivity contribution is 7.86. The van der Waals surface area contributed by atoms with Gasteiger partial charge in [0.1, 0.15) is 0 Å². The third kappa shape index (κ3) is 2.11. The van der Waals surface area contributed by atoms with Gasteiger partial charge in [-0.15, -0.1) is 0 Å². The molecule has 0 saturated carbocycles. The Morgan fingerprint density at radius 3 is 2.75 bits per heavy atom. The smallest absolute Gasteiger partial charge is 0.216 e. The minimum absolute atomic E-state index is 0.111. The van der Waals surface area contributed by atoms with Crippen LogP contribution in [0.2, 0.25) is 0 Å². The van der Waals surface area contributed by atoms with Crippen LogP contribution in [0, 0.1) is 0 Å². The second kappa shape index (κ2) is 4.16. The molecule has 88 valence electrons. The predicted octanol–water partition coefficient (Wildman–Crippen LogP) is 1.20. The molecule has 4 nitrogen and oxygen atoms in total. The minimum Gasteiger partial charge on any atom is -0.216 e. The summed E-state index contributed by atoms with van der Waals surface area (Å²) in [5.41, 5.74) is 2.32. The summed E-state index contributed by atoms with van der Waals surface area (Å²) in [6.45, 7) is 0. The number of hydrogen-bond acceptors (Lipinski definition) is 2. The first kappa shape index (κ1) is 11.6. The van der Waals surface area contributed by atoms with Crippen molar-refractivity contribution in [1.82, 2.24) is 4.31 Å². The van der Waals surface area contributed by atoms with Gasteiger partial charge in [0.2, 0.25) is 0 Å². The van der Waals surface area contributed by atoms with Gasteiger partial charge < -0.3 is 0 Å². The topological polar surface area (TPSA) is 63.4 Å². The minimum atomic E-state index is -3.61. The Labute approximate surface area is 96.2 Å². The van der Waals surface area contributed by atoms with Gasteiger partial charge in [0.05, 0.1) is 6.04 Å².